The highest BCUT2D eigenvalue weighted by Gasteiger charge is 2.30. The fraction of sp³-hybridized carbons (Fsp3) is 0.500. The molecule has 0 saturated heterocycles. The van der Waals surface area contributed by atoms with Gasteiger partial charge in [0.05, 0.1) is 30.9 Å². The van der Waals surface area contributed by atoms with Crippen LogP contribution in [-0.2, 0) is 21.4 Å². The molecule has 1 heterocycles. The molecule has 1 saturated carbocycles. The lowest BCUT2D eigenvalue weighted by Crippen LogP contribution is -2.46. The molecule has 30 heavy (non-hydrogen) atoms. The number of ether oxygens (including phenoxy) is 1. The first kappa shape index (κ1) is 22.4. The van der Waals surface area contributed by atoms with Crippen LogP contribution in [-0.4, -0.2) is 37.8 Å². The molecule has 0 bridgehead atoms. The molecule has 1 aliphatic carbocycles. The molecule has 0 spiro atoms. The minimum atomic E-state index is -3.90. The molecule has 164 valence electrons. The normalized spacial score (nSPS) is 19.6. The molecule has 2 atom stereocenters. The first-order valence-electron chi connectivity index (χ1n) is 10.4. The van der Waals surface area contributed by atoms with Gasteiger partial charge in [0.15, 0.2) is 0 Å². The van der Waals surface area contributed by atoms with Crippen LogP contribution in [0.4, 0.5) is 0 Å². The zero-order chi connectivity index (χ0) is 21.6. The Morgan fingerprint density at radius 2 is 1.93 bits per heavy atom. The van der Waals surface area contributed by atoms with E-state index in [1.54, 1.807) is 24.3 Å². The van der Waals surface area contributed by atoms with E-state index < -0.39 is 10.0 Å². The summed E-state index contributed by atoms with van der Waals surface area (Å²) < 4.78 is 38.5. The van der Waals surface area contributed by atoms with E-state index in [4.69, 9.17) is 9.15 Å². The number of furan rings is 1. The molecule has 2 aromatic rings. The molecular formula is C22H30N2O5S. The lowest BCUT2D eigenvalue weighted by molar-refractivity contribution is -0.122. The van der Waals surface area contributed by atoms with Crippen molar-refractivity contribution in [2.45, 2.75) is 57.0 Å². The molecule has 1 aromatic heterocycles. The van der Waals surface area contributed by atoms with Gasteiger partial charge in [-0.3, -0.25) is 4.79 Å². The number of nitrogens with zero attached hydrogens (tertiary/aromatic N) is 1. The summed E-state index contributed by atoms with van der Waals surface area (Å²) in [5.74, 6) is 1.17. The summed E-state index contributed by atoms with van der Waals surface area (Å²) in [6, 6.07) is 9.71. The van der Waals surface area contributed by atoms with Crippen LogP contribution in [0.1, 0.15) is 45.3 Å². The van der Waals surface area contributed by atoms with Crippen molar-refractivity contribution in [2.75, 3.05) is 13.2 Å². The fourth-order valence-corrected chi connectivity index (χ4v) is 5.13. The molecule has 1 amide bonds. The molecule has 7 nitrogen and oxygen atoms in total. The third-order valence-corrected chi connectivity index (χ3v) is 7.27. The van der Waals surface area contributed by atoms with Gasteiger partial charge >= 0.3 is 0 Å². The van der Waals surface area contributed by atoms with Gasteiger partial charge in [0.2, 0.25) is 15.9 Å². The standard InChI is InChI=1S/C22H30N2O5S/c1-3-28-18-10-12-20(13-11-18)30(26,27)24(15-19-8-6-14-29-19)16-22(25)23-21-9-5-4-7-17(21)2/h6,8,10-14,17,21H,3-5,7,9,15-16H2,1-2H3,(H,23,25)/t17-,21-/m1/s1. The maximum atomic E-state index is 13.3. The van der Waals surface area contributed by atoms with Gasteiger partial charge in [0.25, 0.3) is 0 Å². The zero-order valence-corrected chi connectivity index (χ0v) is 18.4. The van der Waals surface area contributed by atoms with Crippen molar-refractivity contribution in [3.63, 3.8) is 0 Å². The van der Waals surface area contributed by atoms with Crippen molar-refractivity contribution in [1.29, 1.82) is 0 Å². The van der Waals surface area contributed by atoms with Crippen LogP contribution in [0.25, 0.3) is 0 Å². The molecule has 8 heteroatoms. The predicted molar refractivity (Wildman–Crippen MR) is 113 cm³/mol. The highest BCUT2D eigenvalue weighted by molar-refractivity contribution is 7.89. The van der Waals surface area contributed by atoms with E-state index in [1.807, 2.05) is 6.92 Å². The number of benzene rings is 1. The van der Waals surface area contributed by atoms with Crippen LogP contribution in [0, 0.1) is 5.92 Å². The van der Waals surface area contributed by atoms with Gasteiger partial charge < -0.3 is 14.5 Å². The molecule has 1 aliphatic rings. The zero-order valence-electron chi connectivity index (χ0n) is 17.5. The van der Waals surface area contributed by atoms with Crippen molar-refractivity contribution < 1.29 is 22.4 Å². The first-order valence-corrected chi connectivity index (χ1v) is 11.9. The van der Waals surface area contributed by atoms with Gasteiger partial charge in [-0.1, -0.05) is 19.8 Å². The van der Waals surface area contributed by atoms with E-state index >= 15 is 0 Å². The maximum Gasteiger partial charge on any atom is 0.243 e. The van der Waals surface area contributed by atoms with Gasteiger partial charge in [0.1, 0.15) is 11.5 Å². The largest absolute Gasteiger partial charge is 0.494 e. The number of rotatable bonds is 9. The molecule has 0 radical (unpaired) electrons. The van der Waals surface area contributed by atoms with Crippen LogP contribution >= 0.6 is 0 Å². The van der Waals surface area contributed by atoms with Gasteiger partial charge in [-0.2, -0.15) is 4.31 Å². The van der Waals surface area contributed by atoms with E-state index in [1.165, 1.54) is 24.8 Å². The topological polar surface area (TPSA) is 88.9 Å². The minimum absolute atomic E-state index is 0.0177. The summed E-state index contributed by atoms with van der Waals surface area (Å²) in [6.45, 7) is 4.20. The summed E-state index contributed by atoms with van der Waals surface area (Å²) in [5, 5.41) is 3.03. The Labute approximate surface area is 178 Å². The van der Waals surface area contributed by atoms with Crippen LogP contribution in [0.5, 0.6) is 5.75 Å². The number of sulfonamides is 1. The summed E-state index contributed by atoms with van der Waals surface area (Å²) in [5.41, 5.74) is 0. The summed E-state index contributed by atoms with van der Waals surface area (Å²) in [7, 11) is -3.90. The Balaban J connectivity index is 1.77. The SMILES string of the molecule is CCOc1ccc(S(=O)(=O)N(CC(=O)N[C@@H]2CCCC[C@H]2C)Cc2ccco2)cc1. The summed E-state index contributed by atoms with van der Waals surface area (Å²) >= 11 is 0. The van der Waals surface area contributed by atoms with Gasteiger partial charge in [-0.15, -0.1) is 0 Å². The highest BCUT2D eigenvalue weighted by atomic mass is 32.2. The Hall–Kier alpha value is -2.32. The Morgan fingerprint density at radius 1 is 1.20 bits per heavy atom. The van der Waals surface area contributed by atoms with Crippen LogP contribution < -0.4 is 10.1 Å². The third kappa shape index (κ3) is 5.64. The molecule has 3 rings (SSSR count). The van der Waals surface area contributed by atoms with E-state index in [0.717, 1.165) is 23.6 Å². The van der Waals surface area contributed by atoms with E-state index in [0.29, 0.717) is 24.0 Å². The lowest BCUT2D eigenvalue weighted by Gasteiger charge is -2.30. The Bertz CT molecular complexity index is 910. The second-order valence-corrected chi connectivity index (χ2v) is 9.63. The van der Waals surface area contributed by atoms with Crippen molar-refractivity contribution in [2.24, 2.45) is 5.92 Å². The number of hydrogen-bond acceptors (Lipinski definition) is 5. The molecule has 1 aromatic carbocycles. The number of carbonyl (C=O) groups is 1. The number of amides is 1. The second-order valence-electron chi connectivity index (χ2n) is 7.69. The van der Waals surface area contributed by atoms with Crippen LogP contribution in [0.15, 0.2) is 52.0 Å². The van der Waals surface area contributed by atoms with E-state index in [2.05, 4.69) is 12.2 Å². The summed E-state index contributed by atoms with van der Waals surface area (Å²) in [4.78, 5) is 12.9. The average Bonchev–Trinajstić information content (AvgIpc) is 3.23. The Kier molecular flexibility index (Phi) is 7.55. The van der Waals surface area contributed by atoms with Gasteiger partial charge in [-0.05, 0) is 62.1 Å². The van der Waals surface area contributed by atoms with Gasteiger partial charge in [-0.25, -0.2) is 8.42 Å². The van der Waals surface area contributed by atoms with Crippen molar-refractivity contribution in [3.8, 4) is 5.75 Å². The van der Waals surface area contributed by atoms with E-state index in [-0.39, 0.29) is 29.9 Å². The number of carbonyl (C=O) groups excluding carboxylic acids is 1. The monoisotopic (exact) mass is 434 g/mol. The average molecular weight is 435 g/mol. The first-order chi connectivity index (χ1) is 14.4. The quantitative estimate of drug-likeness (QED) is 0.652. The van der Waals surface area contributed by atoms with E-state index in [9.17, 15) is 13.2 Å². The third-order valence-electron chi connectivity index (χ3n) is 5.46. The number of nitrogens with one attached hydrogen (secondary N) is 1. The molecule has 0 unspecified atom stereocenters. The van der Waals surface area contributed by atoms with Crippen LogP contribution in [0.2, 0.25) is 0 Å². The number of hydrogen-bond donors (Lipinski definition) is 1. The predicted octanol–water partition coefficient (Wildman–Crippen LogP) is 3.56. The fourth-order valence-electron chi connectivity index (χ4n) is 3.77. The molecule has 1 N–H and O–H groups in total. The second kappa shape index (κ2) is 10.1. The summed E-state index contributed by atoms with van der Waals surface area (Å²) in [6.07, 6.45) is 5.74. The maximum absolute atomic E-state index is 13.3. The van der Waals surface area contributed by atoms with Crippen molar-refractivity contribution >= 4 is 15.9 Å². The van der Waals surface area contributed by atoms with Crippen LogP contribution in [0.3, 0.4) is 0 Å². The van der Waals surface area contributed by atoms with Crippen molar-refractivity contribution in [3.05, 3.63) is 48.4 Å². The molecule has 1 fully saturated rings. The minimum Gasteiger partial charge on any atom is -0.494 e. The Morgan fingerprint density at radius 3 is 2.57 bits per heavy atom. The highest BCUT2D eigenvalue weighted by Crippen LogP contribution is 2.24. The molecule has 0 aliphatic heterocycles. The molecular weight excluding hydrogens is 404 g/mol. The lowest BCUT2D eigenvalue weighted by atomic mass is 9.86. The smallest absolute Gasteiger partial charge is 0.243 e. The van der Waals surface area contributed by atoms with Gasteiger partial charge in [0, 0.05) is 6.04 Å². The van der Waals surface area contributed by atoms with Crippen molar-refractivity contribution in [1.82, 2.24) is 9.62 Å².